The van der Waals surface area contributed by atoms with Crippen LogP contribution in [0, 0.1) is 5.41 Å². The molecule has 2 fully saturated rings. The van der Waals surface area contributed by atoms with Gasteiger partial charge in [-0.15, -0.1) is 0 Å². The minimum Gasteiger partial charge on any atom is -0.479 e. The van der Waals surface area contributed by atoms with Gasteiger partial charge in [-0.2, -0.15) is 0 Å². The van der Waals surface area contributed by atoms with Crippen molar-refractivity contribution in [1.29, 1.82) is 0 Å². The van der Waals surface area contributed by atoms with E-state index in [1.807, 2.05) is 20.8 Å². The van der Waals surface area contributed by atoms with Gasteiger partial charge in [-0.3, -0.25) is 4.79 Å². The van der Waals surface area contributed by atoms with Gasteiger partial charge < -0.3 is 19.9 Å². The number of carbonyl (C=O) groups is 2. The molecule has 2 aliphatic carbocycles. The van der Waals surface area contributed by atoms with E-state index in [2.05, 4.69) is 10.3 Å². The Morgan fingerprint density at radius 1 is 1.30 bits per heavy atom. The second kappa shape index (κ2) is 7.46. The van der Waals surface area contributed by atoms with Crippen molar-refractivity contribution in [3.63, 3.8) is 0 Å². The van der Waals surface area contributed by atoms with E-state index in [0.29, 0.717) is 18.1 Å². The standard InChI is InChI=1S/C20H28N2O5/c1-4-26-15-11-20(18(24)25,19(15,2)3)22-17(23)13-9-10-16(21-12-13)27-14-7-5-6-8-14/h9-10,12,14-15H,4-8,11H2,1-3H3,(H,22,23)(H,24,25). The van der Waals surface area contributed by atoms with E-state index >= 15 is 0 Å². The molecule has 2 aliphatic rings. The molecule has 2 N–H and O–H groups in total. The van der Waals surface area contributed by atoms with Gasteiger partial charge in [0.1, 0.15) is 11.6 Å². The fourth-order valence-electron chi connectivity index (χ4n) is 4.06. The van der Waals surface area contributed by atoms with E-state index < -0.39 is 22.8 Å². The van der Waals surface area contributed by atoms with Crippen LogP contribution < -0.4 is 10.1 Å². The molecule has 2 atom stereocenters. The first-order valence-corrected chi connectivity index (χ1v) is 9.60. The smallest absolute Gasteiger partial charge is 0.330 e. The van der Waals surface area contributed by atoms with Gasteiger partial charge in [0.2, 0.25) is 5.88 Å². The third-order valence-corrected chi connectivity index (χ3v) is 6.04. The number of amides is 1. The molecule has 0 spiro atoms. The number of aliphatic carboxylic acids is 1. The van der Waals surface area contributed by atoms with Gasteiger partial charge in [-0.05, 0) is 38.7 Å². The highest BCUT2D eigenvalue weighted by molar-refractivity contribution is 5.98. The molecular weight excluding hydrogens is 348 g/mol. The van der Waals surface area contributed by atoms with Crippen LogP contribution >= 0.6 is 0 Å². The van der Waals surface area contributed by atoms with Crippen LogP contribution in [0.5, 0.6) is 5.88 Å². The van der Waals surface area contributed by atoms with E-state index in [1.54, 1.807) is 12.1 Å². The Morgan fingerprint density at radius 3 is 2.52 bits per heavy atom. The second-order valence-corrected chi connectivity index (χ2v) is 7.94. The number of hydrogen-bond donors (Lipinski definition) is 2. The summed E-state index contributed by atoms with van der Waals surface area (Å²) in [5.74, 6) is -1.02. The number of aromatic nitrogens is 1. The zero-order chi connectivity index (χ0) is 19.7. The van der Waals surface area contributed by atoms with Crippen molar-refractivity contribution in [2.45, 2.75) is 70.6 Å². The molecule has 7 nitrogen and oxygen atoms in total. The zero-order valence-electron chi connectivity index (χ0n) is 16.2. The first-order chi connectivity index (χ1) is 12.8. The van der Waals surface area contributed by atoms with Crippen LogP contribution in [0.3, 0.4) is 0 Å². The Balaban J connectivity index is 1.68. The van der Waals surface area contributed by atoms with Crippen LogP contribution in [0.15, 0.2) is 18.3 Å². The molecule has 3 rings (SSSR count). The number of carbonyl (C=O) groups excluding carboxylic acids is 1. The van der Waals surface area contributed by atoms with Gasteiger partial charge in [0.05, 0.1) is 11.7 Å². The predicted molar refractivity (Wildman–Crippen MR) is 98.8 cm³/mol. The van der Waals surface area contributed by atoms with Gasteiger partial charge in [0.25, 0.3) is 5.91 Å². The summed E-state index contributed by atoms with van der Waals surface area (Å²) in [6, 6.07) is 3.28. The van der Waals surface area contributed by atoms with Gasteiger partial charge in [-0.25, -0.2) is 9.78 Å². The molecule has 1 heterocycles. The average Bonchev–Trinajstić information content (AvgIpc) is 3.13. The average molecular weight is 376 g/mol. The molecule has 0 saturated heterocycles. The number of rotatable bonds is 7. The molecule has 2 saturated carbocycles. The maximum Gasteiger partial charge on any atom is 0.330 e. The lowest BCUT2D eigenvalue weighted by molar-refractivity contribution is -0.190. The van der Waals surface area contributed by atoms with Crippen molar-refractivity contribution >= 4 is 11.9 Å². The lowest BCUT2D eigenvalue weighted by Gasteiger charge is -2.58. The van der Waals surface area contributed by atoms with Gasteiger partial charge in [-0.1, -0.05) is 13.8 Å². The van der Waals surface area contributed by atoms with Crippen LogP contribution in [0.25, 0.3) is 0 Å². The monoisotopic (exact) mass is 376 g/mol. The molecule has 1 aromatic rings. The Morgan fingerprint density at radius 2 is 2.00 bits per heavy atom. The van der Waals surface area contributed by atoms with E-state index in [9.17, 15) is 14.7 Å². The summed E-state index contributed by atoms with van der Waals surface area (Å²) in [7, 11) is 0. The summed E-state index contributed by atoms with van der Waals surface area (Å²) in [6.45, 7) is 5.99. The maximum atomic E-state index is 12.7. The Hall–Kier alpha value is -2.15. The summed E-state index contributed by atoms with van der Waals surface area (Å²) in [4.78, 5) is 28.9. The van der Waals surface area contributed by atoms with E-state index in [-0.39, 0.29) is 18.6 Å². The molecule has 1 aromatic heterocycles. The maximum absolute atomic E-state index is 12.7. The number of carboxylic acids is 1. The topological polar surface area (TPSA) is 97.8 Å². The first-order valence-electron chi connectivity index (χ1n) is 9.60. The number of pyridine rings is 1. The molecule has 0 bridgehead atoms. The number of ether oxygens (including phenoxy) is 2. The molecule has 0 radical (unpaired) electrons. The number of nitrogens with one attached hydrogen (secondary N) is 1. The summed E-state index contributed by atoms with van der Waals surface area (Å²) >= 11 is 0. The van der Waals surface area contributed by atoms with Crippen LogP contribution in [-0.4, -0.2) is 46.3 Å². The molecule has 0 aromatic carbocycles. The lowest BCUT2D eigenvalue weighted by atomic mass is 9.54. The Kier molecular flexibility index (Phi) is 5.42. The predicted octanol–water partition coefficient (Wildman–Crippen LogP) is 2.79. The molecular formula is C20H28N2O5. The zero-order valence-corrected chi connectivity index (χ0v) is 16.2. The highest BCUT2D eigenvalue weighted by Crippen LogP contribution is 2.51. The van der Waals surface area contributed by atoms with Crippen molar-refractivity contribution in [2.75, 3.05) is 6.61 Å². The molecule has 27 heavy (non-hydrogen) atoms. The number of hydrogen-bond acceptors (Lipinski definition) is 5. The number of carboxylic acid groups (broad SMARTS) is 1. The fraction of sp³-hybridized carbons (Fsp3) is 0.650. The van der Waals surface area contributed by atoms with Crippen LogP contribution in [0.1, 0.15) is 63.2 Å². The molecule has 148 valence electrons. The third-order valence-electron chi connectivity index (χ3n) is 6.04. The molecule has 1 amide bonds. The van der Waals surface area contributed by atoms with Crippen molar-refractivity contribution in [3.8, 4) is 5.88 Å². The summed E-state index contributed by atoms with van der Waals surface area (Å²) in [5, 5.41) is 12.5. The fourth-order valence-corrected chi connectivity index (χ4v) is 4.06. The van der Waals surface area contributed by atoms with Crippen molar-refractivity contribution in [1.82, 2.24) is 10.3 Å². The Labute approximate surface area is 159 Å². The largest absolute Gasteiger partial charge is 0.479 e. The molecule has 7 heteroatoms. The van der Waals surface area contributed by atoms with Crippen molar-refractivity contribution in [3.05, 3.63) is 23.9 Å². The minimum absolute atomic E-state index is 0.193. The van der Waals surface area contributed by atoms with Crippen molar-refractivity contribution < 1.29 is 24.2 Å². The highest BCUT2D eigenvalue weighted by atomic mass is 16.5. The van der Waals surface area contributed by atoms with E-state index in [4.69, 9.17) is 9.47 Å². The van der Waals surface area contributed by atoms with Crippen LogP contribution in [-0.2, 0) is 9.53 Å². The van der Waals surface area contributed by atoms with Gasteiger partial charge >= 0.3 is 5.97 Å². The van der Waals surface area contributed by atoms with E-state index in [1.165, 1.54) is 19.0 Å². The lowest BCUT2D eigenvalue weighted by Crippen LogP contribution is -2.76. The normalized spacial score (nSPS) is 27.0. The third kappa shape index (κ3) is 3.52. The minimum atomic E-state index is -1.36. The highest BCUT2D eigenvalue weighted by Gasteiger charge is 2.66. The first kappa shape index (κ1) is 19.6. The summed E-state index contributed by atoms with van der Waals surface area (Å²) in [5.41, 5.74) is -1.77. The summed E-state index contributed by atoms with van der Waals surface area (Å²) < 4.78 is 11.4. The molecule has 2 unspecified atom stereocenters. The quantitative estimate of drug-likeness (QED) is 0.759. The summed E-state index contributed by atoms with van der Waals surface area (Å²) in [6.07, 6.45) is 6.05. The van der Waals surface area contributed by atoms with Crippen LogP contribution in [0.4, 0.5) is 0 Å². The van der Waals surface area contributed by atoms with E-state index in [0.717, 1.165) is 12.8 Å². The number of nitrogens with zero attached hydrogens (tertiary/aromatic N) is 1. The second-order valence-electron chi connectivity index (χ2n) is 7.94. The van der Waals surface area contributed by atoms with Gasteiger partial charge in [0, 0.05) is 30.7 Å². The Bertz CT molecular complexity index is 697. The molecule has 0 aliphatic heterocycles. The SMILES string of the molecule is CCOC1CC(NC(=O)c2ccc(OC3CCCC3)nc2)(C(=O)O)C1(C)C. The van der Waals surface area contributed by atoms with Gasteiger partial charge in [0.15, 0.2) is 0 Å². The van der Waals surface area contributed by atoms with Crippen LogP contribution in [0.2, 0.25) is 0 Å². The van der Waals surface area contributed by atoms with Crippen molar-refractivity contribution in [2.24, 2.45) is 5.41 Å².